The summed E-state index contributed by atoms with van der Waals surface area (Å²) in [6.07, 6.45) is 4.86. The topological polar surface area (TPSA) is 22.1 Å². The van der Waals surface area contributed by atoms with E-state index in [1.807, 2.05) is 6.07 Å². The molecule has 0 fully saturated rings. The zero-order valence-electron chi connectivity index (χ0n) is 9.58. The molecule has 0 aliphatic carbocycles. The Morgan fingerprint density at radius 2 is 2.00 bits per heavy atom. The Labute approximate surface area is 91.3 Å². The second kappa shape index (κ2) is 4.30. The Kier molecular flexibility index (Phi) is 3.30. The fourth-order valence-corrected chi connectivity index (χ4v) is 1.22. The molecule has 0 bridgehead atoms. The Morgan fingerprint density at radius 1 is 1.33 bits per heavy atom. The van der Waals surface area contributed by atoms with E-state index in [1.165, 1.54) is 6.26 Å². The molecule has 0 radical (unpaired) electrons. The number of nitrogens with zero attached hydrogens (tertiary/aromatic N) is 1. The third kappa shape index (κ3) is 2.69. The van der Waals surface area contributed by atoms with Gasteiger partial charge in [-0.05, 0) is 6.07 Å². The first-order valence-electron chi connectivity index (χ1n) is 4.89. The second-order valence-corrected chi connectivity index (χ2v) is 4.35. The van der Waals surface area contributed by atoms with E-state index in [2.05, 4.69) is 38.9 Å². The van der Waals surface area contributed by atoms with E-state index >= 15 is 0 Å². The van der Waals surface area contributed by atoms with E-state index in [1.54, 1.807) is 12.3 Å². The summed E-state index contributed by atoms with van der Waals surface area (Å²) < 4.78 is 5.23. The summed E-state index contributed by atoms with van der Waals surface area (Å²) in [5.74, 6) is 0.688. The predicted octanol–water partition coefficient (Wildman–Crippen LogP) is 3.54. The number of hydrogen-bond donors (Lipinski definition) is 0. The molecule has 0 saturated heterocycles. The number of ether oxygens (including phenoxy) is 1. The summed E-state index contributed by atoms with van der Waals surface area (Å²) in [5, 5.41) is 0. The Balaban J connectivity index is 3.18. The van der Waals surface area contributed by atoms with Crippen molar-refractivity contribution in [2.24, 2.45) is 0 Å². The van der Waals surface area contributed by atoms with E-state index in [-0.39, 0.29) is 5.41 Å². The minimum absolute atomic E-state index is 0.0322. The standard InChI is InChI=1S/C13H17NO/c1-6-10-8-12(13(3,4)5)14-9-11(10)15-7-2/h6-9H,1-2H2,3-5H3. The summed E-state index contributed by atoms with van der Waals surface area (Å²) >= 11 is 0. The third-order valence-electron chi connectivity index (χ3n) is 2.10. The van der Waals surface area contributed by atoms with Gasteiger partial charge in [0.1, 0.15) is 0 Å². The largest absolute Gasteiger partial charge is 0.463 e. The lowest BCUT2D eigenvalue weighted by Crippen LogP contribution is -2.13. The van der Waals surface area contributed by atoms with Crippen LogP contribution in [0.25, 0.3) is 6.08 Å². The van der Waals surface area contributed by atoms with Crippen LogP contribution in [0.4, 0.5) is 0 Å². The molecule has 0 aromatic carbocycles. The van der Waals surface area contributed by atoms with Gasteiger partial charge in [-0.25, -0.2) is 0 Å². The van der Waals surface area contributed by atoms with Gasteiger partial charge in [0.25, 0.3) is 0 Å². The SMILES string of the molecule is C=COc1cnc(C(C)(C)C)cc1C=C. The van der Waals surface area contributed by atoms with Gasteiger partial charge in [-0.3, -0.25) is 4.98 Å². The molecule has 0 atom stereocenters. The van der Waals surface area contributed by atoms with Crippen LogP contribution >= 0.6 is 0 Å². The van der Waals surface area contributed by atoms with Gasteiger partial charge in [-0.1, -0.05) is 40.0 Å². The summed E-state index contributed by atoms with van der Waals surface area (Å²) in [4.78, 5) is 4.36. The molecule has 15 heavy (non-hydrogen) atoms. The van der Waals surface area contributed by atoms with Gasteiger partial charge in [-0.2, -0.15) is 0 Å². The molecular weight excluding hydrogens is 186 g/mol. The first kappa shape index (κ1) is 11.5. The predicted molar refractivity (Wildman–Crippen MR) is 63.9 cm³/mol. The molecule has 0 N–H and O–H groups in total. The van der Waals surface area contributed by atoms with Crippen molar-refractivity contribution in [3.8, 4) is 5.75 Å². The molecule has 1 aromatic heterocycles. The molecule has 0 aliphatic rings. The molecule has 1 rings (SSSR count). The van der Waals surface area contributed by atoms with Gasteiger partial charge in [0.15, 0.2) is 5.75 Å². The van der Waals surface area contributed by atoms with Crippen LogP contribution < -0.4 is 4.74 Å². The van der Waals surface area contributed by atoms with Crippen molar-refractivity contribution in [3.05, 3.63) is 42.9 Å². The number of pyridine rings is 1. The highest BCUT2D eigenvalue weighted by Gasteiger charge is 2.16. The van der Waals surface area contributed by atoms with Crippen LogP contribution in [0.3, 0.4) is 0 Å². The highest BCUT2D eigenvalue weighted by atomic mass is 16.5. The molecule has 0 aliphatic heterocycles. The van der Waals surface area contributed by atoms with Crippen molar-refractivity contribution in [3.63, 3.8) is 0 Å². The molecule has 2 nitrogen and oxygen atoms in total. The van der Waals surface area contributed by atoms with Crippen LogP contribution in [0.5, 0.6) is 5.75 Å². The summed E-state index contributed by atoms with van der Waals surface area (Å²) in [7, 11) is 0. The number of rotatable bonds is 3. The molecule has 0 saturated carbocycles. The number of aromatic nitrogens is 1. The van der Waals surface area contributed by atoms with Crippen molar-refractivity contribution in [1.82, 2.24) is 4.98 Å². The quantitative estimate of drug-likeness (QED) is 0.701. The first-order valence-corrected chi connectivity index (χ1v) is 4.89. The lowest BCUT2D eigenvalue weighted by molar-refractivity contribution is 0.476. The van der Waals surface area contributed by atoms with Crippen LogP contribution in [0.1, 0.15) is 32.0 Å². The van der Waals surface area contributed by atoms with E-state index < -0.39 is 0 Å². The van der Waals surface area contributed by atoms with E-state index in [0.29, 0.717) is 5.75 Å². The second-order valence-electron chi connectivity index (χ2n) is 4.35. The van der Waals surface area contributed by atoms with Gasteiger partial charge in [0.05, 0.1) is 12.5 Å². The van der Waals surface area contributed by atoms with E-state index in [9.17, 15) is 0 Å². The van der Waals surface area contributed by atoms with Crippen molar-refractivity contribution in [1.29, 1.82) is 0 Å². The smallest absolute Gasteiger partial charge is 0.151 e. The average molecular weight is 203 g/mol. The van der Waals surface area contributed by atoms with Gasteiger partial charge in [0, 0.05) is 16.7 Å². The summed E-state index contributed by atoms with van der Waals surface area (Å²) in [6, 6.07) is 1.99. The minimum atomic E-state index is 0.0322. The highest BCUT2D eigenvalue weighted by Crippen LogP contribution is 2.26. The van der Waals surface area contributed by atoms with Crippen LogP contribution in [-0.2, 0) is 5.41 Å². The van der Waals surface area contributed by atoms with Crippen molar-refractivity contribution < 1.29 is 4.74 Å². The molecule has 2 heteroatoms. The maximum absolute atomic E-state index is 5.23. The molecule has 80 valence electrons. The maximum Gasteiger partial charge on any atom is 0.151 e. The molecule has 0 unspecified atom stereocenters. The summed E-state index contributed by atoms with van der Waals surface area (Å²) in [6.45, 7) is 13.6. The monoisotopic (exact) mass is 203 g/mol. The zero-order valence-corrected chi connectivity index (χ0v) is 9.58. The maximum atomic E-state index is 5.23. The van der Waals surface area contributed by atoms with Crippen LogP contribution in [0, 0.1) is 0 Å². The summed E-state index contributed by atoms with van der Waals surface area (Å²) in [5.41, 5.74) is 1.99. The van der Waals surface area contributed by atoms with Gasteiger partial charge >= 0.3 is 0 Å². The van der Waals surface area contributed by atoms with E-state index in [4.69, 9.17) is 4.74 Å². The molecule has 1 aromatic rings. The van der Waals surface area contributed by atoms with Crippen molar-refractivity contribution in [2.45, 2.75) is 26.2 Å². The Morgan fingerprint density at radius 3 is 2.47 bits per heavy atom. The van der Waals surface area contributed by atoms with Crippen LogP contribution in [0.2, 0.25) is 0 Å². The fraction of sp³-hybridized carbons (Fsp3) is 0.308. The van der Waals surface area contributed by atoms with Crippen LogP contribution in [-0.4, -0.2) is 4.98 Å². The van der Waals surface area contributed by atoms with Crippen LogP contribution in [0.15, 0.2) is 31.7 Å². The molecule has 0 amide bonds. The van der Waals surface area contributed by atoms with Crippen molar-refractivity contribution >= 4 is 6.08 Å². The van der Waals surface area contributed by atoms with Gasteiger partial charge in [-0.15, -0.1) is 0 Å². The molecule has 1 heterocycles. The van der Waals surface area contributed by atoms with Crippen molar-refractivity contribution in [2.75, 3.05) is 0 Å². The minimum Gasteiger partial charge on any atom is -0.463 e. The highest BCUT2D eigenvalue weighted by molar-refractivity contribution is 5.55. The average Bonchev–Trinajstić information content (AvgIpc) is 2.17. The lowest BCUT2D eigenvalue weighted by Gasteiger charge is -2.18. The molecule has 0 spiro atoms. The zero-order chi connectivity index (χ0) is 11.5. The van der Waals surface area contributed by atoms with Gasteiger partial charge < -0.3 is 4.74 Å². The number of hydrogen-bond acceptors (Lipinski definition) is 2. The van der Waals surface area contributed by atoms with E-state index in [0.717, 1.165) is 11.3 Å². The van der Waals surface area contributed by atoms with Gasteiger partial charge in [0.2, 0.25) is 0 Å². The first-order chi connectivity index (χ1) is 6.99. The lowest BCUT2D eigenvalue weighted by atomic mass is 9.91. The fourth-order valence-electron chi connectivity index (χ4n) is 1.22. The Bertz CT molecular complexity index is 375. The molecular formula is C13H17NO. The normalized spacial score (nSPS) is 10.9. The Hall–Kier alpha value is -1.57. The third-order valence-corrected chi connectivity index (χ3v) is 2.10.